The first-order valence-corrected chi connectivity index (χ1v) is 9.98. The van der Waals surface area contributed by atoms with Crippen molar-refractivity contribution >= 4 is 11.6 Å². The lowest BCUT2D eigenvalue weighted by atomic mass is 10.0. The molecule has 128 valence electrons. The van der Waals surface area contributed by atoms with E-state index in [0.29, 0.717) is 0 Å². The summed E-state index contributed by atoms with van der Waals surface area (Å²) in [7, 11) is 4.41. The minimum Gasteiger partial charge on any atom is -0.306 e. The van der Waals surface area contributed by atoms with Gasteiger partial charge in [0.2, 0.25) is 0 Å². The molecule has 0 aliphatic rings. The van der Waals surface area contributed by atoms with Crippen LogP contribution in [0.25, 0.3) is 0 Å². The summed E-state index contributed by atoms with van der Waals surface area (Å²) >= 11 is 5.80. The van der Waals surface area contributed by atoms with E-state index < -0.39 is 0 Å². The van der Waals surface area contributed by atoms with Crippen molar-refractivity contribution in [3.05, 3.63) is 0 Å². The average molecular weight is 318 g/mol. The van der Waals surface area contributed by atoms with E-state index in [2.05, 4.69) is 25.9 Å². The van der Waals surface area contributed by atoms with Crippen molar-refractivity contribution < 1.29 is 0 Å². The number of nitrogens with zero attached hydrogens (tertiary/aromatic N) is 1. The number of hydrogen-bond donors (Lipinski definition) is 0. The number of alkyl halides is 1. The van der Waals surface area contributed by atoms with Gasteiger partial charge in [-0.25, -0.2) is 0 Å². The molecule has 1 unspecified atom stereocenters. The Kier molecular flexibility index (Phi) is 16.8. The van der Waals surface area contributed by atoms with E-state index in [1.165, 1.54) is 83.5 Å². The Balaban J connectivity index is 3.29. The first-order chi connectivity index (χ1) is 10.2. The number of rotatable bonds is 16. The highest BCUT2D eigenvalue weighted by molar-refractivity contribution is 6.17. The number of unbranched alkanes of at least 4 members (excludes halogenated alkanes) is 10. The van der Waals surface area contributed by atoms with Crippen molar-refractivity contribution in [3.63, 3.8) is 0 Å². The van der Waals surface area contributed by atoms with Gasteiger partial charge in [0.1, 0.15) is 0 Å². The van der Waals surface area contributed by atoms with Gasteiger partial charge in [-0.3, -0.25) is 0 Å². The lowest BCUT2D eigenvalue weighted by molar-refractivity contribution is 0.256. The van der Waals surface area contributed by atoms with Crippen LogP contribution in [-0.4, -0.2) is 30.9 Å². The molecule has 0 spiro atoms. The maximum atomic E-state index is 5.80. The van der Waals surface area contributed by atoms with E-state index >= 15 is 0 Å². The average Bonchev–Trinajstić information content (AvgIpc) is 2.47. The standard InChI is InChI=1S/C19H40ClN/c1-4-5-6-7-8-9-10-11-12-13-14-16-19(21(2)3)17-15-18-20/h19H,4-18H2,1-3H3. The molecule has 0 N–H and O–H groups in total. The van der Waals surface area contributed by atoms with Gasteiger partial charge in [0.25, 0.3) is 0 Å². The van der Waals surface area contributed by atoms with Gasteiger partial charge in [0, 0.05) is 11.9 Å². The third-order valence-corrected chi connectivity index (χ3v) is 4.81. The zero-order valence-corrected chi connectivity index (χ0v) is 15.8. The summed E-state index contributed by atoms with van der Waals surface area (Å²) in [5.41, 5.74) is 0. The predicted molar refractivity (Wildman–Crippen MR) is 98.5 cm³/mol. The molecule has 0 aliphatic carbocycles. The monoisotopic (exact) mass is 317 g/mol. The van der Waals surface area contributed by atoms with E-state index in [-0.39, 0.29) is 0 Å². The topological polar surface area (TPSA) is 3.24 Å². The Labute approximate surface area is 139 Å². The highest BCUT2D eigenvalue weighted by Crippen LogP contribution is 2.15. The highest BCUT2D eigenvalue weighted by atomic mass is 35.5. The van der Waals surface area contributed by atoms with Crippen molar-refractivity contribution in [1.82, 2.24) is 4.90 Å². The van der Waals surface area contributed by atoms with Gasteiger partial charge < -0.3 is 4.90 Å². The van der Waals surface area contributed by atoms with Crippen LogP contribution in [0.5, 0.6) is 0 Å². The molecule has 0 saturated carbocycles. The molecule has 0 aromatic heterocycles. The molecule has 0 heterocycles. The van der Waals surface area contributed by atoms with Gasteiger partial charge in [-0.15, -0.1) is 11.6 Å². The maximum Gasteiger partial charge on any atom is 0.0224 e. The lowest BCUT2D eigenvalue weighted by Crippen LogP contribution is -2.27. The van der Waals surface area contributed by atoms with Crippen molar-refractivity contribution in [3.8, 4) is 0 Å². The van der Waals surface area contributed by atoms with Gasteiger partial charge in [-0.05, 0) is 33.4 Å². The fourth-order valence-corrected chi connectivity index (χ4v) is 3.17. The molecule has 0 fully saturated rings. The van der Waals surface area contributed by atoms with Gasteiger partial charge in [-0.1, -0.05) is 77.6 Å². The fourth-order valence-electron chi connectivity index (χ4n) is 3.02. The Morgan fingerprint density at radius 3 is 1.52 bits per heavy atom. The van der Waals surface area contributed by atoms with E-state index in [1.54, 1.807) is 0 Å². The number of hydrogen-bond acceptors (Lipinski definition) is 1. The molecule has 2 heteroatoms. The van der Waals surface area contributed by atoms with E-state index in [9.17, 15) is 0 Å². The minimum atomic E-state index is 0.738. The van der Waals surface area contributed by atoms with Crippen molar-refractivity contribution in [2.45, 2.75) is 103 Å². The van der Waals surface area contributed by atoms with Crippen LogP contribution in [0.1, 0.15) is 96.8 Å². The third kappa shape index (κ3) is 14.9. The first-order valence-electron chi connectivity index (χ1n) is 9.44. The lowest BCUT2D eigenvalue weighted by Gasteiger charge is -2.24. The summed E-state index contributed by atoms with van der Waals surface area (Å²) in [6, 6.07) is 0.738. The Hall–Kier alpha value is 0.250. The molecule has 1 nitrogen and oxygen atoms in total. The molecule has 0 saturated heterocycles. The molecule has 0 bridgehead atoms. The Bertz CT molecular complexity index is 194. The van der Waals surface area contributed by atoms with E-state index in [4.69, 9.17) is 11.6 Å². The quantitative estimate of drug-likeness (QED) is 0.228. The van der Waals surface area contributed by atoms with Gasteiger partial charge in [0.05, 0.1) is 0 Å². The molecule has 21 heavy (non-hydrogen) atoms. The SMILES string of the molecule is CCCCCCCCCCCCCC(CCCCl)N(C)C. The van der Waals surface area contributed by atoms with Crippen LogP contribution >= 0.6 is 11.6 Å². The smallest absolute Gasteiger partial charge is 0.0224 e. The molecule has 0 aromatic carbocycles. The van der Waals surface area contributed by atoms with Crippen LogP contribution in [-0.2, 0) is 0 Å². The van der Waals surface area contributed by atoms with E-state index in [0.717, 1.165) is 18.3 Å². The molecular weight excluding hydrogens is 278 g/mol. The zero-order chi connectivity index (χ0) is 15.8. The van der Waals surface area contributed by atoms with E-state index in [1.807, 2.05) is 0 Å². The minimum absolute atomic E-state index is 0.738. The van der Waals surface area contributed by atoms with Crippen molar-refractivity contribution in [2.24, 2.45) is 0 Å². The van der Waals surface area contributed by atoms with Crippen LogP contribution in [0, 0.1) is 0 Å². The zero-order valence-electron chi connectivity index (χ0n) is 15.0. The number of halogens is 1. The predicted octanol–water partition coefficient (Wildman–Crippen LogP) is 6.64. The van der Waals surface area contributed by atoms with Crippen LogP contribution < -0.4 is 0 Å². The molecular formula is C19H40ClN. The summed E-state index contributed by atoms with van der Waals surface area (Å²) in [6.45, 7) is 2.29. The Morgan fingerprint density at radius 2 is 1.10 bits per heavy atom. The molecule has 1 atom stereocenters. The third-order valence-electron chi connectivity index (χ3n) is 4.54. The maximum absolute atomic E-state index is 5.80. The molecule has 0 aliphatic heterocycles. The summed E-state index contributed by atoms with van der Waals surface area (Å²) < 4.78 is 0. The Morgan fingerprint density at radius 1 is 0.667 bits per heavy atom. The van der Waals surface area contributed by atoms with Crippen molar-refractivity contribution in [1.29, 1.82) is 0 Å². The normalized spacial score (nSPS) is 13.0. The van der Waals surface area contributed by atoms with Crippen LogP contribution in [0.3, 0.4) is 0 Å². The summed E-state index contributed by atoms with van der Waals surface area (Å²) in [4.78, 5) is 2.38. The summed E-state index contributed by atoms with van der Waals surface area (Å²) in [5.74, 6) is 0.808. The van der Waals surface area contributed by atoms with Gasteiger partial charge in [0.15, 0.2) is 0 Å². The summed E-state index contributed by atoms with van der Waals surface area (Å²) in [5, 5.41) is 0. The van der Waals surface area contributed by atoms with Crippen LogP contribution in [0.2, 0.25) is 0 Å². The second kappa shape index (κ2) is 16.6. The first kappa shape index (κ1) is 21.2. The van der Waals surface area contributed by atoms with Crippen LogP contribution in [0.4, 0.5) is 0 Å². The fraction of sp³-hybridized carbons (Fsp3) is 1.00. The second-order valence-corrected chi connectivity index (χ2v) is 7.15. The largest absolute Gasteiger partial charge is 0.306 e. The molecule has 0 aromatic rings. The van der Waals surface area contributed by atoms with Gasteiger partial charge in [-0.2, -0.15) is 0 Å². The molecule has 0 rings (SSSR count). The van der Waals surface area contributed by atoms with Gasteiger partial charge >= 0.3 is 0 Å². The summed E-state index contributed by atoms with van der Waals surface area (Å²) in [6.07, 6.45) is 19.5. The molecule has 0 amide bonds. The highest BCUT2D eigenvalue weighted by Gasteiger charge is 2.09. The molecule has 0 radical (unpaired) electrons. The second-order valence-electron chi connectivity index (χ2n) is 6.77. The van der Waals surface area contributed by atoms with Crippen molar-refractivity contribution in [2.75, 3.05) is 20.0 Å². The van der Waals surface area contributed by atoms with Crippen LogP contribution in [0.15, 0.2) is 0 Å².